The minimum atomic E-state index is -0.111. The van der Waals surface area contributed by atoms with Gasteiger partial charge in [-0.1, -0.05) is 36.4 Å². The zero-order valence-electron chi connectivity index (χ0n) is 18.7. The smallest absolute Gasteiger partial charge is 0.317 e. The molecule has 1 atom stereocenters. The number of amides is 2. The van der Waals surface area contributed by atoms with Gasteiger partial charge in [0.05, 0.1) is 29.6 Å². The molecule has 0 aliphatic carbocycles. The van der Waals surface area contributed by atoms with E-state index in [9.17, 15) is 4.79 Å². The van der Waals surface area contributed by atoms with Gasteiger partial charge in [-0.05, 0) is 51.0 Å². The van der Waals surface area contributed by atoms with Crippen LogP contribution in [0.4, 0.5) is 4.79 Å². The van der Waals surface area contributed by atoms with Crippen LogP contribution in [-0.4, -0.2) is 46.5 Å². The highest BCUT2D eigenvalue weighted by Gasteiger charge is 2.27. The predicted octanol–water partition coefficient (Wildman–Crippen LogP) is 4.68. The number of ether oxygens (including phenoxy) is 2. The predicted molar refractivity (Wildman–Crippen MR) is 123 cm³/mol. The van der Waals surface area contributed by atoms with Gasteiger partial charge in [-0.25, -0.2) is 9.48 Å². The molecule has 1 fully saturated rings. The third kappa shape index (κ3) is 5.11. The van der Waals surface area contributed by atoms with Crippen LogP contribution in [0.2, 0.25) is 0 Å². The number of aryl methyl sites for hydroxylation is 1. The second-order valence-electron chi connectivity index (χ2n) is 7.88. The molecular weight excluding hydrogens is 404 g/mol. The quantitative estimate of drug-likeness (QED) is 0.559. The number of urea groups is 1. The summed E-state index contributed by atoms with van der Waals surface area (Å²) in [6.07, 6.45) is 2.05. The fraction of sp³-hybridized carbons (Fsp3) is 0.360. The fourth-order valence-corrected chi connectivity index (χ4v) is 3.88. The summed E-state index contributed by atoms with van der Waals surface area (Å²) >= 11 is 0. The van der Waals surface area contributed by atoms with Crippen molar-refractivity contribution < 1.29 is 14.3 Å². The van der Waals surface area contributed by atoms with Gasteiger partial charge >= 0.3 is 6.03 Å². The largest absolute Gasteiger partial charge is 0.439 e. The SMILES string of the molecule is CCNC(=O)N(Cc1c(C)nn(-c2ccccc2)c1Oc1ccccc1)CC1CCCO1. The Morgan fingerprint density at radius 3 is 2.56 bits per heavy atom. The molecule has 2 amide bonds. The first-order valence-corrected chi connectivity index (χ1v) is 11.2. The van der Waals surface area contributed by atoms with E-state index in [0.717, 1.165) is 42.1 Å². The average molecular weight is 435 g/mol. The fourth-order valence-electron chi connectivity index (χ4n) is 3.88. The van der Waals surface area contributed by atoms with Crippen molar-refractivity contribution in [1.82, 2.24) is 20.0 Å². The Bertz CT molecular complexity index is 1010. The van der Waals surface area contributed by atoms with Crippen molar-refractivity contribution in [3.05, 3.63) is 71.9 Å². The summed E-state index contributed by atoms with van der Waals surface area (Å²) in [5, 5.41) is 7.70. The number of benzene rings is 2. The maximum Gasteiger partial charge on any atom is 0.317 e. The first-order valence-electron chi connectivity index (χ1n) is 11.2. The van der Waals surface area contributed by atoms with E-state index in [2.05, 4.69) is 5.32 Å². The monoisotopic (exact) mass is 434 g/mol. The molecule has 7 heteroatoms. The van der Waals surface area contributed by atoms with Crippen molar-refractivity contribution in [2.75, 3.05) is 19.7 Å². The third-order valence-corrected chi connectivity index (χ3v) is 5.51. The first-order chi connectivity index (χ1) is 15.7. The lowest BCUT2D eigenvalue weighted by Crippen LogP contribution is -2.43. The number of carbonyl (C=O) groups excluding carboxylic acids is 1. The zero-order chi connectivity index (χ0) is 22.3. The number of aromatic nitrogens is 2. The lowest BCUT2D eigenvalue weighted by molar-refractivity contribution is 0.0793. The van der Waals surface area contributed by atoms with Crippen molar-refractivity contribution >= 4 is 6.03 Å². The standard InChI is InChI=1S/C25H30N4O3/c1-3-26-25(30)28(17-22-15-10-16-31-22)18-23-19(2)27-29(20-11-6-4-7-12-20)24(23)32-21-13-8-5-9-14-21/h4-9,11-14,22H,3,10,15-18H2,1-2H3,(H,26,30). The Hall–Kier alpha value is -3.32. The highest BCUT2D eigenvalue weighted by Crippen LogP contribution is 2.32. The van der Waals surface area contributed by atoms with E-state index in [-0.39, 0.29) is 12.1 Å². The molecule has 7 nitrogen and oxygen atoms in total. The van der Waals surface area contributed by atoms with E-state index in [1.807, 2.05) is 74.5 Å². The normalized spacial score (nSPS) is 15.5. The van der Waals surface area contributed by atoms with Gasteiger partial charge in [0.25, 0.3) is 0 Å². The summed E-state index contributed by atoms with van der Waals surface area (Å²) in [6.45, 7) is 6.11. The molecule has 168 valence electrons. The number of carbonyl (C=O) groups is 1. The number of rotatable bonds is 8. The molecule has 0 spiro atoms. The summed E-state index contributed by atoms with van der Waals surface area (Å²) in [7, 11) is 0. The van der Waals surface area contributed by atoms with E-state index in [1.54, 1.807) is 9.58 Å². The van der Waals surface area contributed by atoms with Gasteiger partial charge in [-0.2, -0.15) is 5.10 Å². The van der Waals surface area contributed by atoms with Crippen molar-refractivity contribution in [2.24, 2.45) is 0 Å². The van der Waals surface area contributed by atoms with Crippen molar-refractivity contribution in [3.8, 4) is 17.3 Å². The molecule has 1 aliphatic heterocycles. The van der Waals surface area contributed by atoms with Gasteiger partial charge in [0.1, 0.15) is 5.75 Å². The summed E-state index contributed by atoms with van der Waals surface area (Å²) in [5.74, 6) is 1.33. The minimum absolute atomic E-state index is 0.0561. The van der Waals surface area contributed by atoms with Crippen LogP contribution in [0.5, 0.6) is 11.6 Å². The highest BCUT2D eigenvalue weighted by molar-refractivity contribution is 5.74. The van der Waals surface area contributed by atoms with Crippen molar-refractivity contribution in [1.29, 1.82) is 0 Å². The molecule has 2 heterocycles. The van der Waals surface area contributed by atoms with Gasteiger partial charge in [-0.3, -0.25) is 0 Å². The van der Waals surface area contributed by atoms with Crippen LogP contribution in [0.1, 0.15) is 31.0 Å². The van der Waals surface area contributed by atoms with Crippen LogP contribution in [0.3, 0.4) is 0 Å². The van der Waals surface area contributed by atoms with Crippen LogP contribution >= 0.6 is 0 Å². The summed E-state index contributed by atoms with van der Waals surface area (Å²) < 4.78 is 13.9. The van der Waals surface area contributed by atoms with Crippen molar-refractivity contribution in [3.63, 3.8) is 0 Å². The van der Waals surface area contributed by atoms with E-state index < -0.39 is 0 Å². The first kappa shape index (κ1) is 21.9. The van der Waals surface area contributed by atoms with Crippen LogP contribution in [0, 0.1) is 6.92 Å². The number of para-hydroxylation sites is 2. The number of nitrogens with zero attached hydrogens (tertiary/aromatic N) is 3. The Morgan fingerprint density at radius 2 is 1.91 bits per heavy atom. The van der Waals surface area contributed by atoms with Crippen LogP contribution in [0.25, 0.3) is 5.69 Å². The van der Waals surface area contributed by atoms with Gasteiger partial charge in [-0.15, -0.1) is 0 Å². The van der Waals surface area contributed by atoms with Gasteiger partial charge in [0.15, 0.2) is 0 Å². The highest BCUT2D eigenvalue weighted by atomic mass is 16.5. The molecule has 2 aromatic carbocycles. The van der Waals surface area contributed by atoms with Crippen LogP contribution in [0.15, 0.2) is 60.7 Å². The number of nitrogens with one attached hydrogen (secondary N) is 1. The van der Waals surface area contributed by atoms with Crippen LogP contribution in [-0.2, 0) is 11.3 Å². The van der Waals surface area contributed by atoms with Crippen molar-refractivity contribution in [2.45, 2.75) is 39.3 Å². The molecule has 4 rings (SSSR count). The summed E-state index contributed by atoms with van der Waals surface area (Å²) in [6, 6.07) is 19.4. The Labute approximate surface area is 188 Å². The van der Waals surface area contributed by atoms with E-state index in [1.165, 1.54) is 0 Å². The van der Waals surface area contributed by atoms with Gasteiger partial charge in [0, 0.05) is 19.7 Å². The third-order valence-electron chi connectivity index (χ3n) is 5.51. The second-order valence-corrected chi connectivity index (χ2v) is 7.88. The number of hydrogen-bond donors (Lipinski definition) is 1. The average Bonchev–Trinajstić information content (AvgIpc) is 3.43. The summed E-state index contributed by atoms with van der Waals surface area (Å²) in [5.41, 5.74) is 2.60. The van der Waals surface area contributed by atoms with Crippen LogP contribution < -0.4 is 10.1 Å². The maximum atomic E-state index is 12.9. The van der Waals surface area contributed by atoms with E-state index >= 15 is 0 Å². The summed E-state index contributed by atoms with van der Waals surface area (Å²) in [4.78, 5) is 14.7. The topological polar surface area (TPSA) is 68.6 Å². The minimum Gasteiger partial charge on any atom is -0.439 e. The molecule has 32 heavy (non-hydrogen) atoms. The molecule has 0 radical (unpaired) electrons. The molecule has 1 aromatic heterocycles. The van der Waals surface area contributed by atoms with Gasteiger partial charge in [0.2, 0.25) is 5.88 Å². The maximum absolute atomic E-state index is 12.9. The zero-order valence-corrected chi connectivity index (χ0v) is 18.7. The Morgan fingerprint density at radius 1 is 1.19 bits per heavy atom. The molecule has 0 bridgehead atoms. The molecule has 1 aliphatic rings. The molecule has 0 saturated carbocycles. The molecular formula is C25H30N4O3. The number of hydrogen-bond acceptors (Lipinski definition) is 4. The molecule has 3 aromatic rings. The molecule has 1 unspecified atom stereocenters. The molecule has 1 saturated heterocycles. The lowest BCUT2D eigenvalue weighted by Gasteiger charge is -2.26. The lowest BCUT2D eigenvalue weighted by atomic mass is 10.2. The van der Waals surface area contributed by atoms with Gasteiger partial charge < -0.3 is 19.7 Å². The van der Waals surface area contributed by atoms with E-state index in [0.29, 0.717) is 25.5 Å². The Kier molecular flexibility index (Phi) is 7.07. The van der Waals surface area contributed by atoms with E-state index in [4.69, 9.17) is 14.6 Å². The molecule has 1 N–H and O–H groups in total. The Balaban J connectivity index is 1.70. The second kappa shape index (κ2) is 10.3.